The Labute approximate surface area is 148 Å². The fourth-order valence-corrected chi connectivity index (χ4v) is 2.25. The topological polar surface area (TPSA) is 107 Å². The number of para-hydroxylation sites is 1. The molecule has 0 saturated heterocycles. The van der Waals surface area contributed by atoms with Crippen molar-refractivity contribution in [2.75, 3.05) is 13.2 Å². The predicted octanol–water partition coefficient (Wildman–Crippen LogP) is 1.62. The van der Waals surface area contributed by atoms with Crippen LogP contribution in [0.2, 0.25) is 0 Å². The first-order valence-corrected chi connectivity index (χ1v) is 7.81. The SMILES string of the molecule is O=C(COC(=O)C1=Cc2ccccc2OC1)NC(=O)NCc1ccco1. The van der Waals surface area contributed by atoms with Crippen molar-refractivity contribution in [2.45, 2.75) is 6.54 Å². The summed E-state index contributed by atoms with van der Waals surface area (Å²) in [6.07, 6.45) is 3.12. The second kappa shape index (κ2) is 8.02. The van der Waals surface area contributed by atoms with Crippen LogP contribution in [-0.2, 0) is 20.9 Å². The van der Waals surface area contributed by atoms with Gasteiger partial charge >= 0.3 is 12.0 Å². The number of carbonyl (C=O) groups is 3. The number of benzene rings is 1. The maximum absolute atomic E-state index is 12.0. The largest absolute Gasteiger partial charge is 0.488 e. The molecule has 0 fully saturated rings. The summed E-state index contributed by atoms with van der Waals surface area (Å²) in [7, 11) is 0. The third-order valence-electron chi connectivity index (χ3n) is 3.48. The molecule has 2 heterocycles. The highest BCUT2D eigenvalue weighted by Crippen LogP contribution is 2.25. The molecule has 3 amide bonds. The Morgan fingerprint density at radius 2 is 1.96 bits per heavy atom. The van der Waals surface area contributed by atoms with Crippen molar-refractivity contribution in [1.82, 2.24) is 10.6 Å². The normalized spacial score (nSPS) is 12.2. The molecule has 1 aliphatic rings. The lowest BCUT2D eigenvalue weighted by atomic mass is 10.1. The van der Waals surface area contributed by atoms with E-state index in [0.717, 1.165) is 5.56 Å². The van der Waals surface area contributed by atoms with Gasteiger partial charge in [0.05, 0.1) is 18.4 Å². The fourth-order valence-electron chi connectivity index (χ4n) is 2.25. The lowest BCUT2D eigenvalue weighted by Crippen LogP contribution is -2.41. The van der Waals surface area contributed by atoms with Crippen molar-refractivity contribution in [3.8, 4) is 5.75 Å². The number of hydrogen-bond acceptors (Lipinski definition) is 6. The van der Waals surface area contributed by atoms with Crippen LogP contribution in [0.25, 0.3) is 6.08 Å². The molecule has 0 radical (unpaired) electrons. The van der Waals surface area contributed by atoms with Crippen LogP contribution in [0.15, 0.2) is 52.7 Å². The number of esters is 1. The van der Waals surface area contributed by atoms with Gasteiger partial charge in [0.25, 0.3) is 5.91 Å². The minimum atomic E-state index is -0.743. The molecule has 8 heteroatoms. The fraction of sp³-hybridized carbons (Fsp3) is 0.167. The molecule has 0 aliphatic carbocycles. The van der Waals surface area contributed by atoms with Crippen LogP contribution >= 0.6 is 0 Å². The summed E-state index contributed by atoms with van der Waals surface area (Å²) in [5, 5.41) is 4.50. The Kier molecular flexibility index (Phi) is 5.33. The number of urea groups is 1. The van der Waals surface area contributed by atoms with Gasteiger partial charge < -0.3 is 19.2 Å². The molecule has 1 aromatic heterocycles. The number of fused-ring (bicyclic) bond motifs is 1. The molecule has 0 saturated carbocycles. The first kappa shape index (κ1) is 17.3. The molecule has 0 atom stereocenters. The average molecular weight is 356 g/mol. The minimum absolute atomic E-state index is 0.0566. The summed E-state index contributed by atoms with van der Waals surface area (Å²) in [4.78, 5) is 35.3. The Balaban J connectivity index is 1.43. The number of furan rings is 1. The van der Waals surface area contributed by atoms with Crippen LogP contribution in [0.1, 0.15) is 11.3 Å². The molecule has 3 rings (SSSR count). The first-order chi connectivity index (χ1) is 12.6. The Morgan fingerprint density at radius 1 is 1.12 bits per heavy atom. The molecular formula is C18H16N2O6. The monoisotopic (exact) mass is 356 g/mol. The highest BCUT2D eigenvalue weighted by atomic mass is 16.5. The molecule has 8 nitrogen and oxygen atoms in total. The molecule has 2 aromatic rings. The van der Waals surface area contributed by atoms with E-state index >= 15 is 0 Å². The smallest absolute Gasteiger partial charge is 0.338 e. The van der Waals surface area contributed by atoms with Crippen molar-refractivity contribution in [2.24, 2.45) is 0 Å². The lowest BCUT2D eigenvalue weighted by Gasteiger charge is -2.16. The molecule has 134 valence electrons. The van der Waals surface area contributed by atoms with Crippen molar-refractivity contribution in [3.63, 3.8) is 0 Å². The molecule has 0 unspecified atom stereocenters. The number of ether oxygens (including phenoxy) is 2. The summed E-state index contributed by atoms with van der Waals surface area (Å²) in [5.41, 5.74) is 1.05. The Bertz CT molecular complexity index is 841. The lowest BCUT2D eigenvalue weighted by molar-refractivity contribution is -0.144. The molecule has 1 aromatic carbocycles. The van der Waals surface area contributed by atoms with Gasteiger partial charge in [-0.05, 0) is 24.3 Å². The third-order valence-corrected chi connectivity index (χ3v) is 3.48. The summed E-state index contributed by atoms with van der Waals surface area (Å²) < 4.78 is 15.4. The van der Waals surface area contributed by atoms with Crippen LogP contribution in [0.3, 0.4) is 0 Å². The Morgan fingerprint density at radius 3 is 2.77 bits per heavy atom. The van der Waals surface area contributed by atoms with E-state index in [1.807, 2.05) is 12.1 Å². The quantitative estimate of drug-likeness (QED) is 0.789. The number of nitrogens with one attached hydrogen (secondary N) is 2. The van der Waals surface area contributed by atoms with E-state index in [-0.39, 0.29) is 13.2 Å². The molecule has 26 heavy (non-hydrogen) atoms. The summed E-state index contributed by atoms with van der Waals surface area (Å²) in [6.45, 7) is -0.386. The number of rotatable bonds is 5. The summed E-state index contributed by atoms with van der Waals surface area (Å²) in [6, 6.07) is 9.90. The number of hydrogen-bond donors (Lipinski definition) is 2. The van der Waals surface area contributed by atoms with E-state index in [1.54, 1.807) is 30.3 Å². The van der Waals surface area contributed by atoms with Gasteiger partial charge in [0.1, 0.15) is 18.1 Å². The highest BCUT2D eigenvalue weighted by Gasteiger charge is 2.19. The van der Waals surface area contributed by atoms with E-state index in [2.05, 4.69) is 10.6 Å². The predicted molar refractivity (Wildman–Crippen MR) is 90.0 cm³/mol. The number of imide groups is 1. The summed E-state index contributed by atoms with van der Waals surface area (Å²) >= 11 is 0. The van der Waals surface area contributed by atoms with Crippen molar-refractivity contribution >= 4 is 24.0 Å². The van der Waals surface area contributed by atoms with Crippen molar-refractivity contribution < 1.29 is 28.3 Å². The van der Waals surface area contributed by atoms with Gasteiger partial charge in [-0.1, -0.05) is 18.2 Å². The first-order valence-electron chi connectivity index (χ1n) is 7.81. The van der Waals surface area contributed by atoms with E-state index < -0.39 is 24.5 Å². The van der Waals surface area contributed by atoms with Gasteiger partial charge in [0.2, 0.25) is 0 Å². The standard InChI is InChI=1S/C18H16N2O6/c21-16(20-18(23)19-9-14-5-3-7-24-14)11-26-17(22)13-8-12-4-1-2-6-15(12)25-10-13/h1-8H,9-11H2,(H2,19,20,21,23). The van der Waals surface area contributed by atoms with Crippen LogP contribution < -0.4 is 15.4 Å². The van der Waals surface area contributed by atoms with Gasteiger partial charge in [-0.15, -0.1) is 0 Å². The summed E-state index contributed by atoms with van der Waals surface area (Å²) in [5.74, 6) is -0.197. The van der Waals surface area contributed by atoms with Gasteiger partial charge in [0.15, 0.2) is 6.61 Å². The molecule has 1 aliphatic heterocycles. The van der Waals surface area contributed by atoms with Crippen molar-refractivity contribution in [1.29, 1.82) is 0 Å². The van der Waals surface area contributed by atoms with Gasteiger partial charge in [-0.25, -0.2) is 9.59 Å². The van der Waals surface area contributed by atoms with Crippen LogP contribution in [0.4, 0.5) is 4.79 Å². The van der Waals surface area contributed by atoms with E-state index in [1.165, 1.54) is 6.26 Å². The van der Waals surface area contributed by atoms with Crippen LogP contribution in [0.5, 0.6) is 5.75 Å². The maximum atomic E-state index is 12.0. The molecule has 0 bridgehead atoms. The zero-order valence-electron chi connectivity index (χ0n) is 13.7. The maximum Gasteiger partial charge on any atom is 0.338 e. The number of carbonyl (C=O) groups excluding carboxylic acids is 3. The zero-order valence-corrected chi connectivity index (χ0v) is 13.7. The molecule has 0 spiro atoms. The molecule has 2 N–H and O–H groups in total. The number of amides is 3. The second-order valence-corrected chi connectivity index (χ2v) is 5.38. The van der Waals surface area contributed by atoms with E-state index in [0.29, 0.717) is 17.1 Å². The Hall–Kier alpha value is -3.55. The molecular weight excluding hydrogens is 340 g/mol. The van der Waals surface area contributed by atoms with Gasteiger partial charge in [0, 0.05) is 5.56 Å². The minimum Gasteiger partial charge on any atom is -0.488 e. The highest BCUT2D eigenvalue weighted by molar-refractivity contribution is 5.98. The second-order valence-electron chi connectivity index (χ2n) is 5.38. The van der Waals surface area contributed by atoms with Crippen LogP contribution in [-0.4, -0.2) is 31.1 Å². The third kappa shape index (κ3) is 4.50. The van der Waals surface area contributed by atoms with E-state index in [4.69, 9.17) is 13.9 Å². The van der Waals surface area contributed by atoms with Gasteiger partial charge in [-0.2, -0.15) is 0 Å². The average Bonchev–Trinajstić information content (AvgIpc) is 3.17. The zero-order chi connectivity index (χ0) is 18.4. The van der Waals surface area contributed by atoms with Gasteiger partial charge in [-0.3, -0.25) is 10.1 Å². The van der Waals surface area contributed by atoms with Crippen LogP contribution in [0, 0.1) is 0 Å². The van der Waals surface area contributed by atoms with Crippen molar-refractivity contribution in [3.05, 3.63) is 59.6 Å². The van der Waals surface area contributed by atoms with E-state index in [9.17, 15) is 14.4 Å².